The Morgan fingerprint density at radius 1 is 1.24 bits per heavy atom. The summed E-state index contributed by atoms with van der Waals surface area (Å²) in [5.41, 5.74) is -0.0773. The lowest BCUT2D eigenvalue weighted by Gasteiger charge is -2.08. The Morgan fingerprint density at radius 3 is 2.69 bits per heavy atom. The number of nitrogens with zero attached hydrogens (tertiary/aromatic N) is 3. The number of nitrogens with one attached hydrogen (secondary N) is 1. The van der Waals surface area contributed by atoms with Gasteiger partial charge in [-0.05, 0) is 37.1 Å². The van der Waals surface area contributed by atoms with E-state index in [-0.39, 0.29) is 16.8 Å². The van der Waals surface area contributed by atoms with Gasteiger partial charge >= 0.3 is 0 Å². The molecule has 1 N–H and O–H groups in total. The highest BCUT2D eigenvalue weighted by Gasteiger charge is 2.38. The van der Waals surface area contributed by atoms with Crippen molar-refractivity contribution in [3.63, 3.8) is 0 Å². The van der Waals surface area contributed by atoms with E-state index in [0.717, 1.165) is 12.8 Å². The Hall–Kier alpha value is -3.07. The average Bonchev–Trinajstić information content (AvgIpc) is 3.27. The van der Waals surface area contributed by atoms with Crippen molar-refractivity contribution < 1.29 is 18.1 Å². The number of pyridine rings is 1. The van der Waals surface area contributed by atoms with Crippen LogP contribution < -0.4 is 9.46 Å². The third kappa shape index (κ3) is 4.51. The summed E-state index contributed by atoms with van der Waals surface area (Å²) < 4.78 is 35.9. The number of ether oxygens (including phenoxy) is 1. The van der Waals surface area contributed by atoms with E-state index in [4.69, 9.17) is 4.74 Å². The van der Waals surface area contributed by atoms with E-state index in [1.54, 1.807) is 42.6 Å². The lowest BCUT2D eigenvalue weighted by atomic mass is 10.2. The Balaban J connectivity index is 1.44. The van der Waals surface area contributed by atoms with Crippen LogP contribution in [0.4, 0.5) is 4.39 Å². The molecule has 1 unspecified atom stereocenters. The highest BCUT2D eigenvalue weighted by molar-refractivity contribution is 7.83. The van der Waals surface area contributed by atoms with Crippen LogP contribution in [0.15, 0.2) is 59.6 Å². The third-order valence-electron chi connectivity index (χ3n) is 4.69. The van der Waals surface area contributed by atoms with Gasteiger partial charge in [-0.1, -0.05) is 25.1 Å². The first-order valence-electron chi connectivity index (χ1n) is 9.07. The van der Waals surface area contributed by atoms with Crippen molar-refractivity contribution in [1.82, 2.24) is 19.5 Å². The monoisotopic (exact) mass is 414 g/mol. The first kappa shape index (κ1) is 19.3. The highest BCUT2D eigenvalue weighted by atomic mass is 32.2. The molecule has 2 aromatic heterocycles. The van der Waals surface area contributed by atoms with Crippen molar-refractivity contribution in [3.05, 3.63) is 66.2 Å². The molecule has 1 fully saturated rings. The van der Waals surface area contributed by atoms with E-state index in [9.17, 15) is 13.4 Å². The average molecular weight is 414 g/mol. The zero-order valence-electron chi connectivity index (χ0n) is 15.7. The minimum Gasteiger partial charge on any atom is -0.476 e. The molecule has 150 valence electrons. The number of rotatable bonds is 7. The molecule has 1 atom stereocenters. The van der Waals surface area contributed by atoms with E-state index in [1.165, 1.54) is 16.8 Å². The van der Waals surface area contributed by atoms with Gasteiger partial charge in [-0.3, -0.25) is 9.52 Å². The van der Waals surface area contributed by atoms with Gasteiger partial charge in [-0.2, -0.15) is 9.37 Å². The summed E-state index contributed by atoms with van der Waals surface area (Å²) in [6.07, 6.45) is 3.88. The molecule has 4 rings (SSSR count). The summed E-state index contributed by atoms with van der Waals surface area (Å²) in [5.74, 6) is -1.16. The van der Waals surface area contributed by atoms with E-state index >= 15 is 0 Å². The van der Waals surface area contributed by atoms with Crippen molar-refractivity contribution in [2.24, 2.45) is 5.41 Å². The van der Waals surface area contributed by atoms with Gasteiger partial charge < -0.3 is 4.74 Å². The molecule has 0 saturated heterocycles. The van der Waals surface area contributed by atoms with Crippen molar-refractivity contribution in [1.29, 1.82) is 0 Å². The molecule has 1 saturated carbocycles. The summed E-state index contributed by atoms with van der Waals surface area (Å²) >= 11 is 0. The van der Waals surface area contributed by atoms with E-state index in [0.29, 0.717) is 17.4 Å². The number of amides is 1. The van der Waals surface area contributed by atoms with Crippen LogP contribution in [0.5, 0.6) is 5.88 Å². The van der Waals surface area contributed by atoms with Crippen LogP contribution in [0.25, 0.3) is 5.82 Å². The molecule has 0 spiro atoms. The Kier molecular flexibility index (Phi) is 5.14. The molecule has 9 heteroatoms. The lowest BCUT2D eigenvalue weighted by molar-refractivity contribution is 0.0978. The number of hydrogen-bond acceptors (Lipinski definition) is 5. The van der Waals surface area contributed by atoms with Crippen molar-refractivity contribution in [2.45, 2.75) is 24.7 Å². The molecular weight excluding hydrogens is 395 g/mol. The lowest BCUT2D eigenvalue weighted by Crippen LogP contribution is -2.27. The molecule has 1 amide bonds. The van der Waals surface area contributed by atoms with Crippen LogP contribution in [0.2, 0.25) is 0 Å². The van der Waals surface area contributed by atoms with Crippen LogP contribution in [-0.2, 0) is 11.0 Å². The minimum absolute atomic E-state index is 0.204. The number of aromatic nitrogens is 3. The van der Waals surface area contributed by atoms with Crippen molar-refractivity contribution in [3.8, 4) is 11.7 Å². The Morgan fingerprint density at radius 2 is 2.00 bits per heavy atom. The van der Waals surface area contributed by atoms with Crippen LogP contribution in [-0.4, -0.2) is 31.5 Å². The number of halogens is 1. The maximum absolute atomic E-state index is 14.4. The minimum atomic E-state index is -1.79. The fourth-order valence-electron chi connectivity index (χ4n) is 2.58. The topological polar surface area (TPSA) is 86.1 Å². The van der Waals surface area contributed by atoms with E-state index in [1.807, 2.05) is 0 Å². The van der Waals surface area contributed by atoms with Gasteiger partial charge in [0.2, 0.25) is 11.8 Å². The SMILES string of the molecule is CC1(COc2ccn(-c3ccc(C(=O)NS(=O)c4ccccc4)c(F)n3)n2)CC1. The summed E-state index contributed by atoms with van der Waals surface area (Å²) in [4.78, 5) is 16.5. The van der Waals surface area contributed by atoms with Gasteiger partial charge in [-0.15, -0.1) is 5.10 Å². The molecule has 7 nitrogen and oxygen atoms in total. The molecule has 1 aromatic carbocycles. The maximum Gasteiger partial charge on any atom is 0.267 e. The zero-order chi connectivity index (χ0) is 20.4. The zero-order valence-corrected chi connectivity index (χ0v) is 16.5. The third-order valence-corrected chi connectivity index (χ3v) is 5.76. The quantitative estimate of drug-likeness (QED) is 0.601. The Labute approximate surface area is 169 Å². The number of benzene rings is 1. The molecule has 0 bridgehead atoms. The molecule has 0 radical (unpaired) electrons. The predicted molar refractivity (Wildman–Crippen MR) is 104 cm³/mol. The molecule has 2 heterocycles. The number of hydrogen-bond donors (Lipinski definition) is 1. The fraction of sp³-hybridized carbons (Fsp3) is 0.250. The van der Waals surface area contributed by atoms with Gasteiger partial charge in [0.15, 0.2) is 16.8 Å². The van der Waals surface area contributed by atoms with Gasteiger partial charge in [0.05, 0.1) is 17.1 Å². The predicted octanol–water partition coefficient (Wildman–Crippen LogP) is 3.04. The molecule has 1 aliphatic carbocycles. The van der Waals surface area contributed by atoms with Crippen LogP contribution in [0, 0.1) is 11.4 Å². The van der Waals surface area contributed by atoms with Gasteiger partial charge in [0.1, 0.15) is 0 Å². The maximum atomic E-state index is 14.4. The molecule has 1 aliphatic rings. The summed E-state index contributed by atoms with van der Waals surface area (Å²) in [6.45, 7) is 2.74. The Bertz CT molecular complexity index is 1070. The second kappa shape index (κ2) is 7.75. The second-order valence-corrected chi connectivity index (χ2v) is 8.43. The smallest absolute Gasteiger partial charge is 0.267 e. The standard InChI is InChI=1S/C20H19FN4O3S/c1-20(10-11-20)13-28-17-9-12-25(23-17)16-8-7-15(18(21)22-16)19(26)24-29(27)14-5-3-2-4-6-14/h2-9,12H,10-11,13H2,1H3,(H,24,26). The highest BCUT2D eigenvalue weighted by Crippen LogP contribution is 2.44. The molecule has 0 aliphatic heterocycles. The van der Waals surface area contributed by atoms with Crippen molar-refractivity contribution >= 4 is 16.9 Å². The number of carbonyl (C=O) groups excluding carboxylic acids is 1. The van der Waals surface area contributed by atoms with Crippen LogP contribution >= 0.6 is 0 Å². The summed E-state index contributed by atoms with van der Waals surface area (Å²) in [7, 11) is -1.79. The first-order valence-corrected chi connectivity index (χ1v) is 10.2. The fourth-order valence-corrected chi connectivity index (χ4v) is 3.38. The normalized spacial score (nSPS) is 15.5. The van der Waals surface area contributed by atoms with Crippen LogP contribution in [0.3, 0.4) is 0 Å². The molecular formula is C20H19FN4O3S. The van der Waals surface area contributed by atoms with Gasteiger partial charge in [-0.25, -0.2) is 8.89 Å². The molecule has 3 aromatic rings. The van der Waals surface area contributed by atoms with Crippen LogP contribution in [0.1, 0.15) is 30.1 Å². The largest absolute Gasteiger partial charge is 0.476 e. The summed E-state index contributed by atoms with van der Waals surface area (Å²) in [6, 6.07) is 12.8. The van der Waals surface area contributed by atoms with E-state index in [2.05, 4.69) is 21.7 Å². The molecule has 29 heavy (non-hydrogen) atoms. The van der Waals surface area contributed by atoms with Crippen molar-refractivity contribution in [2.75, 3.05) is 6.61 Å². The van der Waals surface area contributed by atoms with Gasteiger partial charge in [0, 0.05) is 17.7 Å². The number of carbonyl (C=O) groups is 1. The van der Waals surface area contributed by atoms with Gasteiger partial charge in [0.25, 0.3) is 5.91 Å². The first-order chi connectivity index (χ1) is 13.9. The second-order valence-electron chi connectivity index (χ2n) is 7.22. The van der Waals surface area contributed by atoms with E-state index < -0.39 is 22.8 Å². The summed E-state index contributed by atoms with van der Waals surface area (Å²) in [5, 5.41) is 4.23.